The third-order valence-corrected chi connectivity index (χ3v) is 4.61. The van der Waals surface area contributed by atoms with Crippen LogP contribution >= 0.6 is 27.3 Å². The normalized spacial score (nSPS) is 16.7. The summed E-state index contributed by atoms with van der Waals surface area (Å²) in [4.78, 5) is 6.03. The van der Waals surface area contributed by atoms with Crippen molar-refractivity contribution in [1.29, 1.82) is 0 Å². The Labute approximate surface area is 119 Å². The van der Waals surface area contributed by atoms with Crippen LogP contribution in [-0.2, 0) is 0 Å². The average Bonchev–Trinajstić information content (AvgIpc) is 2.73. The van der Waals surface area contributed by atoms with Crippen LogP contribution in [0.3, 0.4) is 0 Å². The second kappa shape index (κ2) is 4.21. The quantitative estimate of drug-likeness (QED) is 0.799. The Hall–Kier alpha value is -1.13. The second-order valence-electron chi connectivity index (χ2n) is 4.83. The zero-order chi connectivity index (χ0) is 12.8. The molecule has 0 bridgehead atoms. The van der Waals surface area contributed by atoms with E-state index >= 15 is 0 Å². The number of rotatable bonds is 1. The molecule has 0 aliphatic carbocycles. The summed E-state index contributed by atoms with van der Waals surface area (Å²) in [6.45, 7) is 4.32. The number of nitrogens with zero attached hydrogens (tertiary/aromatic N) is 1. The van der Waals surface area contributed by atoms with E-state index in [0.29, 0.717) is 0 Å². The van der Waals surface area contributed by atoms with Crippen molar-refractivity contribution in [3.05, 3.63) is 45.1 Å². The Kier molecular flexibility index (Phi) is 2.79. The molecule has 0 spiro atoms. The van der Waals surface area contributed by atoms with Gasteiger partial charge in [-0.3, -0.25) is 0 Å². The minimum atomic E-state index is -0.154. The molecule has 0 unspecified atom stereocenters. The van der Waals surface area contributed by atoms with Crippen LogP contribution in [0, 0.1) is 0 Å². The third-order valence-electron chi connectivity index (χ3n) is 2.98. The van der Waals surface area contributed by atoms with Crippen LogP contribution in [0.25, 0.3) is 0 Å². The maximum atomic E-state index is 4.83. The average molecular weight is 321 g/mol. The van der Waals surface area contributed by atoms with Gasteiger partial charge < -0.3 is 5.32 Å². The van der Waals surface area contributed by atoms with Crippen molar-refractivity contribution in [2.24, 2.45) is 4.99 Å². The smallest absolute Gasteiger partial charge is 0.0866 e. The summed E-state index contributed by atoms with van der Waals surface area (Å²) in [6, 6.07) is 12.3. The van der Waals surface area contributed by atoms with Gasteiger partial charge in [-0.05, 0) is 54.0 Å². The molecule has 0 fully saturated rings. The lowest BCUT2D eigenvalue weighted by atomic mass is 9.94. The highest BCUT2D eigenvalue weighted by molar-refractivity contribution is 9.11. The molecule has 0 saturated carbocycles. The molecule has 0 amide bonds. The van der Waals surface area contributed by atoms with Crippen LogP contribution in [0.4, 0.5) is 11.4 Å². The van der Waals surface area contributed by atoms with Gasteiger partial charge in [-0.2, -0.15) is 0 Å². The Morgan fingerprint density at radius 1 is 1.17 bits per heavy atom. The number of nitrogens with one attached hydrogen (secondary N) is 1. The molecule has 1 aliphatic rings. The van der Waals surface area contributed by atoms with Crippen molar-refractivity contribution in [2.45, 2.75) is 19.4 Å². The SMILES string of the molecule is CC1(C)Nc2ccccc2N=C1c1ccc(Br)s1. The van der Waals surface area contributed by atoms with E-state index in [2.05, 4.69) is 53.3 Å². The Bertz CT molecular complexity index is 628. The number of fused-ring (bicyclic) bond motifs is 1. The highest BCUT2D eigenvalue weighted by atomic mass is 79.9. The minimum absolute atomic E-state index is 0.154. The number of thiophene rings is 1. The van der Waals surface area contributed by atoms with E-state index < -0.39 is 0 Å². The van der Waals surface area contributed by atoms with Crippen molar-refractivity contribution in [1.82, 2.24) is 0 Å². The molecule has 92 valence electrons. The van der Waals surface area contributed by atoms with E-state index in [0.717, 1.165) is 20.9 Å². The van der Waals surface area contributed by atoms with E-state index in [1.54, 1.807) is 11.3 Å². The molecule has 18 heavy (non-hydrogen) atoms. The summed E-state index contributed by atoms with van der Waals surface area (Å²) >= 11 is 5.23. The Morgan fingerprint density at radius 2 is 1.94 bits per heavy atom. The number of halogens is 1. The maximum absolute atomic E-state index is 4.83. The molecular weight excluding hydrogens is 308 g/mol. The van der Waals surface area contributed by atoms with Gasteiger partial charge in [0.2, 0.25) is 0 Å². The summed E-state index contributed by atoms with van der Waals surface area (Å²) in [5.41, 5.74) is 3.05. The van der Waals surface area contributed by atoms with Gasteiger partial charge in [0.15, 0.2) is 0 Å². The van der Waals surface area contributed by atoms with Gasteiger partial charge in [0, 0.05) is 0 Å². The predicted octanol–water partition coefficient (Wildman–Crippen LogP) is 4.84. The summed E-state index contributed by atoms with van der Waals surface area (Å²) in [5, 5.41) is 3.55. The number of aliphatic imine (C=N–C) groups is 1. The molecule has 1 aliphatic heterocycles. The van der Waals surface area contributed by atoms with Gasteiger partial charge in [-0.25, -0.2) is 4.99 Å². The molecule has 0 radical (unpaired) electrons. The molecular formula is C14H13BrN2S. The van der Waals surface area contributed by atoms with Crippen molar-refractivity contribution in [2.75, 3.05) is 5.32 Å². The van der Waals surface area contributed by atoms with Crippen LogP contribution < -0.4 is 5.32 Å². The second-order valence-corrected chi connectivity index (χ2v) is 7.29. The first-order valence-corrected chi connectivity index (χ1v) is 7.39. The van der Waals surface area contributed by atoms with Crippen LogP contribution in [-0.4, -0.2) is 11.3 Å². The summed E-state index contributed by atoms with van der Waals surface area (Å²) in [6.07, 6.45) is 0. The molecule has 3 rings (SSSR count). The van der Waals surface area contributed by atoms with Gasteiger partial charge in [-0.1, -0.05) is 12.1 Å². The van der Waals surface area contributed by atoms with Crippen molar-refractivity contribution >= 4 is 44.4 Å². The summed E-state index contributed by atoms with van der Waals surface area (Å²) in [7, 11) is 0. The lowest BCUT2D eigenvalue weighted by Gasteiger charge is -2.33. The van der Waals surface area contributed by atoms with E-state index in [1.165, 1.54) is 4.88 Å². The van der Waals surface area contributed by atoms with E-state index in [1.807, 2.05) is 18.2 Å². The zero-order valence-corrected chi connectivity index (χ0v) is 12.6. The van der Waals surface area contributed by atoms with Crippen LogP contribution in [0.2, 0.25) is 0 Å². The molecule has 1 aromatic heterocycles. The molecule has 2 nitrogen and oxygen atoms in total. The van der Waals surface area contributed by atoms with Gasteiger partial charge in [0.05, 0.1) is 31.3 Å². The fraction of sp³-hybridized carbons (Fsp3) is 0.214. The third kappa shape index (κ3) is 1.99. The molecule has 1 N–H and O–H groups in total. The highest BCUT2D eigenvalue weighted by Crippen LogP contribution is 2.37. The van der Waals surface area contributed by atoms with Crippen molar-refractivity contribution in [3.8, 4) is 0 Å². The first kappa shape index (κ1) is 11.9. The monoisotopic (exact) mass is 320 g/mol. The van der Waals surface area contributed by atoms with Crippen LogP contribution in [0.5, 0.6) is 0 Å². The first-order valence-electron chi connectivity index (χ1n) is 5.78. The van der Waals surface area contributed by atoms with E-state index in [-0.39, 0.29) is 5.54 Å². The van der Waals surface area contributed by atoms with Gasteiger partial charge in [-0.15, -0.1) is 11.3 Å². The molecule has 4 heteroatoms. The Balaban J connectivity index is 2.15. The summed E-state index contributed by atoms with van der Waals surface area (Å²) < 4.78 is 1.13. The molecule has 0 saturated heterocycles. The first-order chi connectivity index (χ1) is 8.56. The number of hydrogen-bond donors (Lipinski definition) is 1. The topological polar surface area (TPSA) is 24.4 Å². The van der Waals surface area contributed by atoms with E-state index in [9.17, 15) is 0 Å². The fourth-order valence-electron chi connectivity index (χ4n) is 2.14. The Morgan fingerprint density at radius 3 is 2.67 bits per heavy atom. The maximum Gasteiger partial charge on any atom is 0.0866 e. The number of para-hydroxylation sites is 2. The largest absolute Gasteiger partial charge is 0.373 e. The van der Waals surface area contributed by atoms with E-state index in [4.69, 9.17) is 4.99 Å². The van der Waals surface area contributed by atoms with Crippen LogP contribution in [0.1, 0.15) is 18.7 Å². The molecule has 0 atom stereocenters. The van der Waals surface area contributed by atoms with Crippen molar-refractivity contribution in [3.63, 3.8) is 0 Å². The number of anilines is 1. The number of benzene rings is 1. The van der Waals surface area contributed by atoms with Crippen LogP contribution in [0.15, 0.2) is 45.2 Å². The van der Waals surface area contributed by atoms with Gasteiger partial charge in [0.25, 0.3) is 0 Å². The fourth-order valence-corrected chi connectivity index (χ4v) is 3.67. The minimum Gasteiger partial charge on any atom is -0.373 e. The molecule has 1 aromatic carbocycles. The number of hydrogen-bond acceptors (Lipinski definition) is 3. The highest BCUT2D eigenvalue weighted by Gasteiger charge is 2.31. The molecule has 2 heterocycles. The summed E-state index contributed by atoms with van der Waals surface area (Å²) in [5.74, 6) is 0. The van der Waals surface area contributed by atoms with Crippen molar-refractivity contribution < 1.29 is 0 Å². The zero-order valence-electron chi connectivity index (χ0n) is 10.2. The standard InChI is InChI=1S/C14H13BrN2S/c1-14(2)13(11-7-8-12(15)18-11)16-9-5-3-4-6-10(9)17-14/h3-8,17H,1-2H3. The van der Waals surface area contributed by atoms with Gasteiger partial charge in [0.1, 0.15) is 0 Å². The lowest BCUT2D eigenvalue weighted by Crippen LogP contribution is -2.42. The molecule has 2 aromatic rings. The predicted molar refractivity (Wildman–Crippen MR) is 82.4 cm³/mol. The van der Waals surface area contributed by atoms with Gasteiger partial charge >= 0.3 is 0 Å². The lowest BCUT2D eigenvalue weighted by molar-refractivity contribution is 0.753.